The van der Waals surface area contributed by atoms with Gasteiger partial charge in [-0.3, -0.25) is 0 Å². The summed E-state index contributed by atoms with van der Waals surface area (Å²) in [6, 6.07) is 16.1. The number of aryl methyl sites for hydroxylation is 2. The lowest BCUT2D eigenvalue weighted by Crippen LogP contribution is -2.37. The van der Waals surface area contributed by atoms with Crippen LogP contribution in [-0.4, -0.2) is 152 Å². The molecule has 3 aliphatic heterocycles. The Hall–Kier alpha value is -5.57. The van der Waals surface area contributed by atoms with E-state index in [1.807, 2.05) is 79.3 Å². The lowest BCUT2D eigenvalue weighted by atomic mass is 9.81. The number of carbonyl (C=O) groups is 2. The third kappa shape index (κ3) is 13.4. The number of hydrogen-bond acceptors (Lipinski definition) is 14. The van der Waals surface area contributed by atoms with Crippen LogP contribution >= 0.6 is 11.6 Å². The van der Waals surface area contributed by atoms with Gasteiger partial charge in [-0.05, 0) is 147 Å². The van der Waals surface area contributed by atoms with Crippen molar-refractivity contribution in [2.24, 2.45) is 23.7 Å². The molecule has 23 heteroatoms. The van der Waals surface area contributed by atoms with Gasteiger partial charge in [0.1, 0.15) is 33.4 Å². The first-order valence-corrected chi connectivity index (χ1v) is 28.4. The second kappa shape index (κ2) is 24.0. The minimum atomic E-state index is -3.78. The quantitative estimate of drug-likeness (QED) is 0.0937. The van der Waals surface area contributed by atoms with Crippen molar-refractivity contribution >= 4 is 88.2 Å². The number of ether oxygens (including phenoxy) is 2. The van der Waals surface area contributed by atoms with E-state index in [0.29, 0.717) is 77.5 Å². The number of hydrogen-bond donors (Lipinski definition) is 1. The van der Waals surface area contributed by atoms with E-state index < -0.39 is 25.6 Å². The molecule has 6 heterocycles. The van der Waals surface area contributed by atoms with Gasteiger partial charge in [0.15, 0.2) is 5.65 Å². The van der Waals surface area contributed by atoms with Gasteiger partial charge in [-0.1, -0.05) is 54.4 Å². The monoisotopic (exact) mass is 1100 g/mol. The van der Waals surface area contributed by atoms with Crippen molar-refractivity contribution in [3.63, 3.8) is 0 Å². The standard InChI is InChI=1S/C26H33N5O4S.C13H11ClN3O2S.C13H24N2O2.CH4.B2/c1-17-6-8-21(9-7-17)36(33,34)31-11-10-22-23(27-16-28-24(22)31)29(5)20-12-18-14-30(15-19(18)13-20)25(32)35-26(2,3)4;1-9-2-4-10(5-3-9)20(18,19)17-7-6-11-12(14)15-8-16-13(11)17;1-13(2,3)17-12(16)15-7-9-5-11(14-4)6-10(9)8-15;;1-2/h6-11,16,18-20H,12-15H2,1-5H3;2-5,7-8H,6H2,1H3;9-11,14H,5-8H2,1-4H3;1H4;/q;+1;;;/t18-,19+,20?;;9-,10+,11?;;. The molecule has 4 radical (unpaired) electrons. The number of aromatic nitrogens is 5. The van der Waals surface area contributed by atoms with Crippen molar-refractivity contribution in [1.82, 2.24) is 39.0 Å². The number of benzene rings is 2. The number of nitrogens with one attached hydrogen (secondary N) is 1. The molecule has 5 aliphatic rings. The number of halogens is 1. The number of nitrogens with zero attached hydrogens (tertiary/aromatic N) is 9. The fourth-order valence-corrected chi connectivity index (χ4v) is 13.4. The molecule has 2 aliphatic carbocycles. The minimum absolute atomic E-state index is 0. The predicted octanol–water partition coefficient (Wildman–Crippen LogP) is 7.88. The zero-order valence-electron chi connectivity index (χ0n) is 44.5. The van der Waals surface area contributed by atoms with Gasteiger partial charge in [-0.25, -0.2) is 31.9 Å². The maximum absolute atomic E-state index is 13.3. The van der Waals surface area contributed by atoms with E-state index >= 15 is 0 Å². The molecule has 1 N–H and O–H groups in total. The van der Waals surface area contributed by atoms with Crippen LogP contribution in [0.3, 0.4) is 0 Å². The largest absolute Gasteiger partial charge is 0.444 e. The molecule has 2 amide bonds. The summed E-state index contributed by atoms with van der Waals surface area (Å²) in [7, 11) is 4.59. The van der Waals surface area contributed by atoms with E-state index in [9.17, 15) is 26.4 Å². The smallest absolute Gasteiger partial charge is 0.410 e. The maximum Gasteiger partial charge on any atom is 0.410 e. The van der Waals surface area contributed by atoms with Crippen LogP contribution in [0.1, 0.15) is 91.3 Å². The van der Waals surface area contributed by atoms with Crippen molar-refractivity contribution in [1.29, 1.82) is 0 Å². The first kappa shape index (κ1) is 59.7. The van der Waals surface area contributed by atoms with Gasteiger partial charge in [0.05, 0.1) is 22.1 Å². The second-order valence-corrected chi connectivity index (χ2v) is 25.8. The molecule has 406 valence electrons. The first-order valence-electron chi connectivity index (χ1n) is 25.1. The summed E-state index contributed by atoms with van der Waals surface area (Å²) < 4.78 is 65.2. The van der Waals surface area contributed by atoms with Crippen molar-refractivity contribution in [2.75, 3.05) is 45.2 Å². The highest BCUT2D eigenvalue weighted by atomic mass is 35.5. The Bertz CT molecular complexity index is 3090. The first-order chi connectivity index (χ1) is 35.3. The number of likely N-dealkylation sites (tertiary alicyclic amines) is 2. The Balaban J connectivity index is 0.000000198. The van der Waals surface area contributed by atoms with Gasteiger partial charge in [0, 0.05) is 73.4 Å². The highest BCUT2D eigenvalue weighted by Crippen LogP contribution is 2.42. The van der Waals surface area contributed by atoms with Gasteiger partial charge in [-0.15, -0.1) is 3.98 Å². The molecule has 76 heavy (non-hydrogen) atoms. The van der Waals surface area contributed by atoms with Crippen molar-refractivity contribution in [3.05, 3.63) is 95.3 Å². The molecule has 0 bridgehead atoms. The number of rotatable bonds is 7. The second-order valence-electron chi connectivity index (χ2n) is 21.8. The number of carbonyl (C=O) groups excluding carboxylic acids is 2. The average Bonchev–Trinajstić information content (AvgIpc) is 4.21. The molecular weight excluding hydrogens is 1030 g/mol. The van der Waals surface area contributed by atoms with Crippen molar-refractivity contribution < 1.29 is 39.9 Å². The van der Waals surface area contributed by atoms with Crippen LogP contribution in [0.2, 0.25) is 5.15 Å². The molecule has 10 rings (SSSR count). The zero-order valence-corrected chi connectivity index (χ0v) is 46.9. The summed E-state index contributed by atoms with van der Waals surface area (Å²) in [6.07, 6.45) is 10.1. The Morgan fingerprint density at radius 1 is 0.724 bits per heavy atom. The lowest BCUT2D eigenvalue weighted by Gasteiger charge is -2.28. The van der Waals surface area contributed by atoms with E-state index in [-0.39, 0.29) is 46.2 Å². The van der Waals surface area contributed by atoms with Crippen molar-refractivity contribution in [2.45, 2.75) is 128 Å². The summed E-state index contributed by atoms with van der Waals surface area (Å²) in [5.74, 6) is 3.19. The van der Waals surface area contributed by atoms with Crippen LogP contribution in [0.4, 0.5) is 21.2 Å². The number of fused-ring (bicyclic) bond motifs is 4. The van der Waals surface area contributed by atoms with Crippen LogP contribution in [0, 0.1) is 37.5 Å². The van der Waals surface area contributed by atoms with E-state index in [4.69, 9.17) is 21.1 Å². The van der Waals surface area contributed by atoms with Crippen LogP contribution in [0.5, 0.6) is 0 Å². The topological polar surface area (TPSA) is 202 Å². The van der Waals surface area contributed by atoms with Crippen LogP contribution in [0.25, 0.3) is 11.0 Å². The molecule has 2 saturated carbocycles. The highest BCUT2D eigenvalue weighted by molar-refractivity contribution is 7.90. The normalized spacial score (nSPS) is 21.5. The van der Waals surface area contributed by atoms with Crippen LogP contribution in [-0.2, 0) is 35.9 Å². The van der Waals surface area contributed by atoms with Gasteiger partial charge >= 0.3 is 28.0 Å². The molecule has 4 fully saturated rings. The SMILES string of the molecule is C.CNC1C[C@@H]2CN(C(=O)OC(C)(C)C)C[C@@H]2C1.Cc1ccc(S(=O)(=O)[N+]2=CCc3c(Cl)ncnc32)cc1.Cc1ccc(S(=O)(=O)n2ccc3c(N(C)C4C[C@@H]5CN(C(=O)OC(C)(C)C)C[C@@H]5C4)ncnc32)cc1.[B][B]. The maximum atomic E-state index is 13.3. The highest BCUT2D eigenvalue weighted by Gasteiger charge is 2.46. The molecule has 5 aromatic rings. The Morgan fingerprint density at radius 2 is 1.20 bits per heavy atom. The van der Waals surface area contributed by atoms with Crippen LogP contribution in [0.15, 0.2) is 83.2 Å². The molecule has 2 saturated heterocycles. The Morgan fingerprint density at radius 3 is 1.68 bits per heavy atom. The van der Waals surface area contributed by atoms with Gasteiger partial charge in [-0.2, -0.15) is 13.4 Å². The van der Waals surface area contributed by atoms with E-state index in [1.54, 1.807) is 67.0 Å². The molecule has 2 aromatic carbocycles. The molecule has 18 nitrogen and oxygen atoms in total. The van der Waals surface area contributed by atoms with E-state index in [2.05, 4.69) is 45.6 Å². The molecule has 0 spiro atoms. The lowest BCUT2D eigenvalue weighted by molar-refractivity contribution is -0.256. The molecule has 6 atom stereocenters. The predicted molar refractivity (Wildman–Crippen MR) is 298 cm³/mol. The fourth-order valence-electron chi connectivity index (χ4n) is 10.5. The minimum Gasteiger partial charge on any atom is -0.444 e. The van der Waals surface area contributed by atoms with Gasteiger partial charge in [0.25, 0.3) is 10.0 Å². The number of sulfonamides is 1. The third-order valence-electron chi connectivity index (χ3n) is 14.2. The summed E-state index contributed by atoms with van der Waals surface area (Å²) in [4.78, 5) is 47.5. The molecule has 2 unspecified atom stereocenters. The van der Waals surface area contributed by atoms with E-state index in [1.165, 1.54) is 33.4 Å². The number of anilines is 1. The number of amides is 2. The van der Waals surface area contributed by atoms with E-state index in [0.717, 1.165) is 37.1 Å². The van der Waals surface area contributed by atoms with Crippen LogP contribution < -0.4 is 10.2 Å². The summed E-state index contributed by atoms with van der Waals surface area (Å²) in [5.41, 5.74) is 2.10. The Labute approximate surface area is 456 Å². The molecular formula is C53H72B2ClN10O8S2+. The Kier molecular flexibility index (Phi) is 18.8. The average molecular weight is 1100 g/mol. The third-order valence-corrected chi connectivity index (χ3v) is 17.9. The summed E-state index contributed by atoms with van der Waals surface area (Å²) >= 11 is 5.96. The fraction of sp³-hybridized carbons (Fsp3) is 0.528. The molecule has 3 aromatic heterocycles. The van der Waals surface area contributed by atoms with Gasteiger partial charge in [0.2, 0.25) is 6.33 Å². The van der Waals surface area contributed by atoms with Gasteiger partial charge < -0.3 is 29.5 Å². The summed E-state index contributed by atoms with van der Waals surface area (Å²) in [5, 5.41) is 4.32. The summed E-state index contributed by atoms with van der Waals surface area (Å²) in [6.45, 7) is 18.4. The van der Waals surface area contributed by atoms with Crippen molar-refractivity contribution in [3.8, 4) is 0 Å². The zero-order chi connectivity index (χ0) is 54.8.